The van der Waals surface area contributed by atoms with Crippen LogP contribution in [0, 0.1) is 9.49 Å². The van der Waals surface area contributed by atoms with Crippen LogP contribution in [0.3, 0.4) is 0 Å². The SMILES string of the molecule is CC1CCCC(Nc2ncncc2I)CC1. The fourth-order valence-electron chi connectivity index (χ4n) is 2.24. The highest BCUT2D eigenvalue weighted by atomic mass is 127. The molecule has 2 unspecified atom stereocenters. The quantitative estimate of drug-likeness (QED) is 0.666. The number of hydrogen-bond donors (Lipinski definition) is 1. The molecule has 1 aliphatic carbocycles. The largest absolute Gasteiger partial charge is 0.366 e. The summed E-state index contributed by atoms with van der Waals surface area (Å²) in [4.78, 5) is 8.30. The van der Waals surface area contributed by atoms with Crippen molar-refractivity contribution in [1.82, 2.24) is 9.97 Å². The third-order valence-electron chi connectivity index (χ3n) is 3.27. The van der Waals surface area contributed by atoms with Gasteiger partial charge >= 0.3 is 0 Å². The van der Waals surface area contributed by atoms with Crippen molar-refractivity contribution in [2.75, 3.05) is 5.32 Å². The van der Waals surface area contributed by atoms with Crippen LogP contribution >= 0.6 is 22.6 Å². The lowest BCUT2D eigenvalue weighted by atomic mass is 10.0. The molecule has 0 aromatic carbocycles. The van der Waals surface area contributed by atoms with Gasteiger partial charge in [-0.25, -0.2) is 9.97 Å². The van der Waals surface area contributed by atoms with E-state index in [2.05, 4.69) is 44.8 Å². The normalized spacial score (nSPS) is 26.1. The molecule has 2 atom stereocenters. The molecule has 1 saturated carbocycles. The van der Waals surface area contributed by atoms with Crippen molar-refractivity contribution >= 4 is 28.4 Å². The maximum absolute atomic E-state index is 4.29. The minimum absolute atomic E-state index is 0.591. The first kappa shape index (κ1) is 12.1. The second kappa shape index (κ2) is 5.80. The third-order valence-corrected chi connectivity index (χ3v) is 4.06. The predicted molar refractivity (Wildman–Crippen MR) is 74.4 cm³/mol. The molecule has 0 spiro atoms. The van der Waals surface area contributed by atoms with Crippen molar-refractivity contribution in [1.29, 1.82) is 0 Å². The standard InChI is InChI=1S/C12H18IN3/c1-9-3-2-4-10(6-5-9)16-12-11(13)7-14-8-15-12/h7-10H,2-6H2,1H3,(H,14,15,16). The highest BCUT2D eigenvalue weighted by molar-refractivity contribution is 14.1. The average Bonchev–Trinajstić information content (AvgIpc) is 2.47. The second-order valence-electron chi connectivity index (χ2n) is 4.67. The maximum atomic E-state index is 4.29. The Bertz CT molecular complexity index is 343. The number of halogens is 1. The van der Waals surface area contributed by atoms with E-state index in [0.717, 1.165) is 15.3 Å². The lowest BCUT2D eigenvalue weighted by Crippen LogP contribution is -2.20. The van der Waals surface area contributed by atoms with E-state index in [-0.39, 0.29) is 0 Å². The fourth-order valence-corrected chi connectivity index (χ4v) is 2.70. The molecule has 16 heavy (non-hydrogen) atoms. The van der Waals surface area contributed by atoms with E-state index < -0.39 is 0 Å². The Hall–Kier alpha value is -0.390. The van der Waals surface area contributed by atoms with Gasteiger partial charge in [-0.15, -0.1) is 0 Å². The van der Waals surface area contributed by atoms with Crippen LogP contribution < -0.4 is 5.32 Å². The fraction of sp³-hybridized carbons (Fsp3) is 0.667. The number of anilines is 1. The van der Waals surface area contributed by atoms with Crippen molar-refractivity contribution in [3.63, 3.8) is 0 Å². The van der Waals surface area contributed by atoms with Crippen molar-refractivity contribution in [2.24, 2.45) is 5.92 Å². The van der Waals surface area contributed by atoms with Gasteiger partial charge in [-0.2, -0.15) is 0 Å². The number of hydrogen-bond acceptors (Lipinski definition) is 3. The molecule has 1 fully saturated rings. The molecule has 0 bridgehead atoms. The van der Waals surface area contributed by atoms with Crippen LogP contribution in [-0.2, 0) is 0 Å². The highest BCUT2D eigenvalue weighted by Crippen LogP contribution is 2.25. The minimum atomic E-state index is 0.591. The Kier molecular flexibility index (Phi) is 4.37. The molecule has 1 aliphatic rings. The molecule has 1 aromatic heterocycles. The van der Waals surface area contributed by atoms with Gasteiger partial charge in [-0.3, -0.25) is 0 Å². The van der Waals surface area contributed by atoms with E-state index in [1.807, 2.05) is 6.20 Å². The van der Waals surface area contributed by atoms with E-state index in [1.54, 1.807) is 6.33 Å². The topological polar surface area (TPSA) is 37.8 Å². The van der Waals surface area contributed by atoms with Gasteiger partial charge < -0.3 is 5.32 Å². The molecular formula is C12H18IN3. The summed E-state index contributed by atoms with van der Waals surface area (Å²) in [6.07, 6.45) is 10.0. The molecule has 1 aromatic rings. The zero-order chi connectivity index (χ0) is 11.4. The zero-order valence-electron chi connectivity index (χ0n) is 9.62. The summed E-state index contributed by atoms with van der Waals surface area (Å²) >= 11 is 2.28. The first-order valence-electron chi connectivity index (χ1n) is 5.97. The molecule has 0 radical (unpaired) electrons. The molecule has 0 saturated heterocycles. The lowest BCUT2D eigenvalue weighted by Gasteiger charge is -2.17. The molecular weight excluding hydrogens is 313 g/mol. The van der Waals surface area contributed by atoms with E-state index in [0.29, 0.717) is 6.04 Å². The van der Waals surface area contributed by atoms with E-state index in [9.17, 15) is 0 Å². The Morgan fingerprint density at radius 2 is 2.19 bits per heavy atom. The molecule has 1 heterocycles. The molecule has 4 heteroatoms. The van der Waals surface area contributed by atoms with Crippen molar-refractivity contribution in [2.45, 2.75) is 45.1 Å². The van der Waals surface area contributed by atoms with Gasteiger partial charge in [0.05, 0.1) is 3.57 Å². The molecule has 0 aliphatic heterocycles. The van der Waals surface area contributed by atoms with Crippen LogP contribution in [0.25, 0.3) is 0 Å². The van der Waals surface area contributed by atoms with Gasteiger partial charge in [0.2, 0.25) is 0 Å². The van der Waals surface area contributed by atoms with E-state index in [4.69, 9.17) is 0 Å². The number of nitrogens with zero attached hydrogens (tertiary/aromatic N) is 2. The van der Waals surface area contributed by atoms with Gasteiger partial charge in [0.25, 0.3) is 0 Å². The lowest BCUT2D eigenvalue weighted by molar-refractivity contribution is 0.502. The maximum Gasteiger partial charge on any atom is 0.143 e. The summed E-state index contributed by atoms with van der Waals surface area (Å²) in [6, 6.07) is 0.591. The monoisotopic (exact) mass is 331 g/mol. The Labute approximate surface area is 111 Å². The van der Waals surface area contributed by atoms with Crippen LogP contribution in [0.5, 0.6) is 0 Å². The van der Waals surface area contributed by atoms with Crippen LogP contribution in [0.2, 0.25) is 0 Å². The third kappa shape index (κ3) is 3.30. The summed E-state index contributed by atoms with van der Waals surface area (Å²) in [7, 11) is 0. The van der Waals surface area contributed by atoms with Gasteiger partial charge in [-0.05, 0) is 47.8 Å². The molecule has 1 N–H and O–H groups in total. The van der Waals surface area contributed by atoms with Crippen LogP contribution in [0.1, 0.15) is 39.0 Å². The summed E-state index contributed by atoms with van der Waals surface area (Å²) in [5.41, 5.74) is 0. The summed E-state index contributed by atoms with van der Waals surface area (Å²) in [5, 5.41) is 3.55. The van der Waals surface area contributed by atoms with Gasteiger partial charge in [0.1, 0.15) is 12.1 Å². The number of rotatable bonds is 2. The highest BCUT2D eigenvalue weighted by Gasteiger charge is 2.16. The van der Waals surface area contributed by atoms with E-state index >= 15 is 0 Å². The molecule has 3 nitrogen and oxygen atoms in total. The number of nitrogens with one attached hydrogen (secondary N) is 1. The molecule has 88 valence electrons. The van der Waals surface area contributed by atoms with Gasteiger partial charge in [0, 0.05) is 12.2 Å². The average molecular weight is 331 g/mol. The van der Waals surface area contributed by atoms with Gasteiger partial charge in [-0.1, -0.05) is 19.8 Å². The van der Waals surface area contributed by atoms with Crippen LogP contribution in [-0.4, -0.2) is 16.0 Å². The van der Waals surface area contributed by atoms with E-state index in [1.165, 1.54) is 32.1 Å². The second-order valence-corrected chi connectivity index (χ2v) is 5.84. The van der Waals surface area contributed by atoms with Crippen molar-refractivity contribution in [3.05, 3.63) is 16.1 Å². The smallest absolute Gasteiger partial charge is 0.143 e. The number of aromatic nitrogens is 2. The summed E-state index contributed by atoms with van der Waals surface area (Å²) in [6.45, 7) is 2.36. The summed E-state index contributed by atoms with van der Waals surface area (Å²) < 4.78 is 1.11. The predicted octanol–water partition coefficient (Wildman–Crippen LogP) is 3.46. The molecule has 2 rings (SSSR count). The Balaban J connectivity index is 1.96. The minimum Gasteiger partial charge on any atom is -0.366 e. The van der Waals surface area contributed by atoms with Gasteiger partial charge in [0.15, 0.2) is 0 Å². The Morgan fingerprint density at radius 1 is 1.31 bits per heavy atom. The van der Waals surface area contributed by atoms with Crippen LogP contribution in [0.4, 0.5) is 5.82 Å². The first-order valence-corrected chi connectivity index (χ1v) is 7.05. The van der Waals surface area contributed by atoms with Crippen molar-refractivity contribution < 1.29 is 0 Å². The van der Waals surface area contributed by atoms with Crippen LogP contribution in [0.15, 0.2) is 12.5 Å². The Morgan fingerprint density at radius 3 is 3.00 bits per heavy atom. The molecule has 0 amide bonds. The zero-order valence-corrected chi connectivity index (χ0v) is 11.8. The summed E-state index contributed by atoms with van der Waals surface area (Å²) in [5.74, 6) is 1.88. The van der Waals surface area contributed by atoms with Crippen molar-refractivity contribution in [3.8, 4) is 0 Å². The first-order chi connectivity index (χ1) is 7.75.